The zero-order chi connectivity index (χ0) is 23.6. The normalized spacial score (nSPS) is 14.6. The lowest BCUT2D eigenvalue weighted by atomic mass is 10.1. The van der Waals surface area contributed by atoms with E-state index in [4.69, 9.17) is 4.99 Å². The van der Waals surface area contributed by atoms with Crippen LogP contribution in [0.1, 0.15) is 56.7 Å². The van der Waals surface area contributed by atoms with Crippen molar-refractivity contribution in [1.82, 2.24) is 9.55 Å². The molecule has 0 aliphatic heterocycles. The Morgan fingerprint density at radius 2 is 2.00 bits per heavy atom. The zero-order valence-corrected chi connectivity index (χ0v) is 19.7. The van der Waals surface area contributed by atoms with Gasteiger partial charge in [0.05, 0.1) is 11.3 Å². The number of aryl methyl sites for hydroxylation is 1. The number of aromatic amines is 1. The summed E-state index contributed by atoms with van der Waals surface area (Å²) >= 11 is 0. The smallest absolute Gasteiger partial charge is 0.330 e. The molecule has 3 rings (SSSR count). The Bertz CT molecular complexity index is 1190. The lowest BCUT2D eigenvalue weighted by molar-refractivity contribution is 0.625. The van der Waals surface area contributed by atoms with Crippen molar-refractivity contribution in [3.63, 3.8) is 0 Å². The number of H-pyrrole nitrogens is 1. The monoisotopic (exact) mass is 441 g/mol. The van der Waals surface area contributed by atoms with Crippen molar-refractivity contribution >= 4 is 22.9 Å². The summed E-state index contributed by atoms with van der Waals surface area (Å²) in [6, 6.07) is 3.42. The molecule has 2 aromatic rings. The average molecular weight is 442 g/mol. The molecule has 1 aliphatic rings. The van der Waals surface area contributed by atoms with Gasteiger partial charge in [0.2, 0.25) is 0 Å². The molecule has 0 saturated heterocycles. The summed E-state index contributed by atoms with van der Waals surface area (Å²) in [6.07, 6.45) is 5.21. The number of allylic oxidation sites excluding steroid dienone is 2. The third-order valence-electron chi connectivity index (χ3n) is 5.52. The molecule has 1 heterocycles. The first-order chi connectivity index (χ1) is 15.1. The van der Waals surface area contributed by atoms with Gasteiger partial charge in [0.15, 0.2) is 0 Å². The van der Waals surface area contributed by atoms with E-state index in [1.54, 1.807) is 36.6 Å². The van der Waals surface area contributed by atoms with Gasteiger partial charge < -0.3 is 10.2 Å². The third-order valence-corrected chi connectivity index (χ3v) is 5.52. The lowest BCUT2D eigenvalue weighted by Gasteiger charge is -2.19. The predicted octanol–water partition coefficient (Wildman–Crippen LogP) is 4.58. The molecule has 0 atom stereocenters. The molecule has 32 heavy (non-hydrogen) atoms. The van der Waals surface area contributed by atoms with Gasteiger partial charge in [-0.15, -0.1) is 0 Å². The van der Waals surface area contributed by atoms with Crippen LogP contribution in [-0.4, -0.2) is 29.4 Å². The SMILES string of the molecule is CC/C=C(\C/C(C)=N/c1c(C)c(=O)[nH]c(=O)n1C1CC1)Nc1cc(N(C)C)c(F)cc1C. The van der Waals surface area contributed by atoms with Crippen molar-refractivity contribution in [2.45, 2.75) is 59.4 Å². The number of nitrogens with one attached hydrogen (secondary N) is 2. The van der Waals surface area contributed by atoms with Crippen LogP contribution < -0.4 is 21.5 Å². The Hall–Kier alpha value is -3.16. The van der Waals surface area contributed by atoms with Gasteiger partial charge in [-0.2, -0.15) is 0 Å². The Balaban J connectivity index is 1.93. The standard InChI is InChI=1S/C24H32FN5O2/c1-7-8-17(27-20-13-21(29(5)6)19(25)11-14(20)2)12-15(3)26-22-16(4)23(31)28-24(32)30(22)18-9-10-18/h8,11,13,18,27H,7,9-10,12H2,1-6H3,(H,28,31,32)/b17-8+,26-15+. The second kappa shape index (κ2) is 9.54. The van der Waals surface area contributed by atoms with E-state index in [9.17, 15) is 14.0 Å². The Kier molecular flexibility index (Phi) is 7.01. The molecule has 1 aliphatic carbocycles. The molecule has 2 N–H and O–H groups in total. The van der Waals surface area contributed by atoms with Gasteiger partial charge in [0.1, 0.15) is 11.6 Å². The van der Waals surface area contributed by atoms with E-state index >= 15 is 0 Å². The number of halogens is 1. The number of hydrogen-bond acceptors (Lipinski definition) is 5. The minimum atomic E-state index is -0.407. The fourth-order valence-electron chi connectivity index (χ4n) is 3.66. The van der Waals surface area contributed by atoms with Crippen molar-refractivity contribution in [3.05, 3.63) is 61.7 Å². The van der Waals surface area contributed by atoms with Crippen molar-refractivity contribution < 1.29 is 4.39 Å². The zero-order valence-electron chi connectivity index (χ0n) is 19.7. The summed E-state index contributed by atoms with van der Waals surface area (Å²) in [5, 5.41) is 3.43. The van der Waals surface area contributed by atoms with Crippen molar-refractivity contribution in [3.8, 4) is 0 Å². The van der Waals surface area contributed by atoms with Gasteiger partial charge in [-0.1, -0.05) is 13.0 Å². The van der Waals surface area contributed by atoms with Crippen LogP contribution in [0.4, 0.5) is 21.6 Å². The third kappa shape index (κ3) is 5.18. The topological polar surface area (TPSA) is 82.5 Å². The molecular formula is C24H32FN5O2. The van der Waals surface area contributed by atoms with Gasteiger partial charge in [-0.05, 0) is 57.7 Å². The minimum absolute atomic E-state index is 0.0969. The average Bonchev–Trinajstić information content (AvgIpc) is 3.52. The number of hydrogen-bond donors (Lipinski definition) is 2. The molecule has 0 radical (unpaired) electrons. The molecular weight excluding hydrogens is 409 g/mol. The van der Waals surface area contributed by atoms with Gasteiger partial charge in [0, 0.05) is 43.7 Å². The number of benzene rings is 1. The summed E-state index contributed by atoms with van der Waals surface area (Å²) in [6.45, 7) is 7.48. The lowest BCUT2D eigenvalue weighted by Crippen LogP contribution is -2.31. The van der Waals surface area contributed by atoms with E-state index in [0.717, 1.165) is 41.9 Å². The van der Waals surface area contributed by atoms with Crippen LogP contribution in [-0.2, 0) is 0 Å². The molecule has 172 valence electrons. The van der Waals surface area contributed by atoms with Crippen LogP contribution in [0, 0.1) is 19.7 Å². The minimum Gasteiger partial charge on any atom is -0.375 e. The van der Waals surface area contributed by atoms with Gasteiger partial charge in [0.25, 0.3) is 5.56 Å². The molecule has 8 heteroatoms. The van der Waals surface area contributed by atoms with Crippen LogP contribution in [0.15, 0.2) is 38.5 Å². The highest BCUT2D eigenvalue weighted by molar-refractivity contribution is 5.87. The van der Waals surface area contributed by atoms with Crippen LogP contribution in [0.5, 0.6) is 0 Å². The Morgan fingerprint density at radius 3 is 2.59 bits per heavy atom. The highest BCUT2D eigenvalue weighted by atomic mass is 19.1. The van der Waals surface area contributed by atoms with E-state index in [2.05, 4.69) is 16.4 Å². The number of nitrogens with zero attached hydrogens (tertiary/aromatic N) is 3. The van der Waals surface area contributed by atoms with E-state index in [-0.39, 0.29) is 11.9 Å². The molecule has 0 unspecified atom stereocenters. The summed E-state index contributed by atoms with van der Waals surface area (Å²) in [7, 11) is 3.61. The summed E-state index contributed by atoms with van der Waals surface area (Å²) in [5.41, 5.74) is 3.46. The molecule has 0 spiro atoms. The number of rotatable bonds is 8. The first-order valence-corrected chi connectivity index (χ1v) is 11.0. The largest absolute Gasteiger partial charge is 0.375 e. The quantitative estimate of drug-likeness (QED) is 0.588. The maximum absolute atomic E-state index is 14.3. The van der Waals surface area contributed by atoms with Crippen molar-refractivity contribution in [2.75, 3.05) is 24.3 Å². The Labute approximate surface area is 187 Å². The maximum atomic E-state index is 14.3. The number of anilines is 2. The molecule has 1 aromatic carbocycles. The molecule has 7 nitrogen and oxygen atoms in total. The van der Waals surface area contributed by atoms with E-state index in [1.165, 1.54) is 6.07 Å². The van der Waals surface area contributed by atoms with E-state index in [0.29, 0.717) is 23.5 Å². The van der Waals surface area contributed by atoms with Crippen LogP contribution in [0.2, 0.25) is 0 Å². The molecule has 0 bridgehead atoms. The first kappa shape index (κ1) is 23.5. The molecule has 1 aromatic heterocycles. The molecule has 1 saturated carbocycles. The first-order valence-electron chi connectivity index (χ1n) is 11.0. The second-order valence-electron chi connectivity index (χ2n) is 8.61. The predicted molar refractivity (Wildman–Crippen MR) is 129 cm³/mol. The van der Waals surface area contributed by atoms with Gasteiger partial charge in [-0.3, -0.25) is 14.3 Å². The molecule has 1 fully saturated rings. The van der Waals surface area contributed by atoms with E-state index in [1.807, 2.05) is 20.8 Å². The van der Waals surface area contributed by atoms with Crippen molar-refractivity contribution in [2.24, 2.45) is 4.99 Å². The highest BCUT2D eigenvalue weighted by Gasteiger charge is 2.28. The van der Waals surface area contributed by atoms with E-state index < -0.39 is 11.2 Å². The fourth-order valence-corrected chi connectivity index (χ4v) is 3.66. The van der Waals surface area contributed by atoms with Gasteiger partial charge >= 0.3 is 5.69 Å². The van der Waals surface area contributed by atoms with Crippen LogP contribution >= 0.6 is 0 Å². The maximum Gasteiger partial charge on any atom is 0.330 e. The number of aliphatic imine (C=N–C) groups is 1. The fraction of sp³-hybridized carbons (Fsp3) is 0.458. The number of aromatic nitrogens is 2. The highest BCUT2D eigenvalue weighted by Crippen LogP contribution is 2.37. The Morgan fingerprint density at radius 1 is 1.31 bits per heavy atom. The summed E-state index contributed by atoms with van der Waals surface area (Å²) in [5.74, 6) is 0.169. The van der Waals surface area contributed by atoms with Crippen LogP contribution in [0.3, 0.4) is 0 Å². The van der Waals surface area contributed by atoms with Crippen LogP contribution in [0.25, 0.3) is 0 Å². The van der Waals surface area contributed by atoms with Gasteiger partial charge in [-0.25, -0.2) is 14.2 Å². The summed E-state index contributed by atoms with van der Waals surface area (Å²) < 4.78 is 15.9. The summed E-state index contributed by atoms with van der Waals surface area (Å²) in [4.78, 5) is 33.4. The second-order valence-corrected chi connectivity index (χ2v) is 8.61. The van der Waals surface area contributed by atoms with Crippen molar-refractivity contribution in [1.29, 1.82) is 0 Å². The molecule has 0 amide bonds.